The van der Waals surface area contributed by atoms with Crippen LogP contribution < -0.4 is 9.47 Å². The van der Waals surface area contributed by atoms with Crippen LogP contribution in [-0.4, -0.2) is 37.1 Å². The molecule has 2 aromatic carbocycles. The molecule has 2 aliphatic heterocycles. The van der Waals surface area contributed by atoms with E-state index in [0.717, 1.165) is 49.4 Å². The lowest BCUT2D eigenvalue weighted by molar-refractivity contribution is 0.0630. The number of carbonyl (C=O) groups excluding carboxylic acids is 1. The van der Waals surface area contributed by atoms with Crippen LogP contribution in [0.2, 0.25) is 0 Å². The second kappa shape index (κ2) is 7.40. The van der Waals surface area contributed by atoms with Gasteiger partial charge in [-0.2, -0.15) is 0 Å². The monoisotopic (exact) mass is 351 g/mol. The summed E-state index contributed by atoms with van der Waals surface area (Å²) in [6.07, 6.45) is 3.01. The number of carbonyl (C=O) groups is 1. The average Bonchev–Trinajstić information content (AvgIpc) is 3.16. The fraction of sp³-hybridized carbons (Fsp3) is 0.409. The highest BCUT2D eigenvalue weighted by Gasteiger charge is 2.28. The van der Waals surface area contributed by atoms with E-state index in [1.54, 1.807) is 0 Å². The van der Waals surface area contributed by atoms with E-state index in [4.69, 9.17) is 9.47 Å². The SMILES string of the molecule is Cc1ccc(OC[C@H]2CCCN(C(=O)c3cccc4c3OCC4)C2)cc1. The summed E-state index contributed by atoms with van der Waals surface area (Å²) in [6.45, 7) is 4.94. The molecule has 2 heterocycles. The normalized spacial score (nSPS) is 19.0. The van der Waals surface area contributed by atoms with E-state index in [2.05, 4.69) is 19.1 Å². The molecule has 26 heavy (non-hydrogen) atoms. The maximum Gasteiger partial charge on any atom is 0.257 e. The summed E-state index contributed by atoms with van der Waals surface area (Å²) in [5.41, 5.74) is 3.08. The summed E-state index contributed by atoms with van der Waals surface area (Å²) in [6, 6.07) is 14.0. The number of hydrogen-bond acceptors (Lipinski definition) is 3. The van der Waals surface area contributed by atoms with Crippen molar-refractivity contribution in [2.75, 3.05) is 26.3 Å². The van der Waals surface area contributed by atoms with Crippen LogP contribution in [0, 0.1) is 12.8 Å². The summed E-state index contributed by atoms with van der Waals surface area (Å²) in [7, 11) is 0. The predicted octanol–water partition coefficient (Wildman–Crippen LogP) is 3.86. The van der Waals surface area contributed by atoms with Gasteiger partial charge in [-0.1, -0.05) is 29.8 Å². The number of aryl methyl sites for hydroxylation is 1. The molecule has 1 saturated heterocycles. The summed E-state index contributed by atoms with van der Waals surface area (Å²) in [5, 5.41) is 0. The summed E-state index contributed by atoms with van der Waals surface area (Å²) >= 11 is 0. The molecule has 0 radical (unpaired) electrons. The van der Waals surface area contributed by atoms with Crippen LogP contribution in [0.4, 0.5) is 0 Å². The maximum absolute atomic E-state index is 13.0. The van der Waals surface area contributed by atoms with Gasteiger partial charge in [-0.05, 0) is 43.5 Å². The predicted molar refractivity (Wildman–Crippen MR) is 101 cm³/mol. The Bertz CT molecular complexity index is 784. The topological polar surface area (TPSA) is 38.8 Å². The van der Waals surface area contributed by atoms with Gasteiger partial charge < -0.3 is 14.4 Å². The Morgan fingerprint density at radius 2 is 2.08 bits per heavy atom. The van der Waals surface area contributed by atoms with Gasteiger partial charge in [0, 0.05) is 25.4 Å². The quantitative estimate of drug-likeness (QED) is 0.840. The lowest BCUT2D eigenvalue weighted by atomic mass is 9.97. The second-order valence-corrected chi connectivity index (χ2v) is 7.28. The van der Waals surface area contributed by atoms with Gasteiger partial charge in [0.1, 0.15) is 11.5 Å². The molecule has 0 aromatic heterocycles. The molecule has 0 spiro atoms. The van der Waals surface area contributed by atoms with Crippen LogP contribution >= 0.6 is 0 Å². The summed E-state index contributed by atoms with van der Waals surface area (Å²) in [5.74, 6) is 2.14. The van der Waals surface area contributed by atoms with E-state index in [0.29, 0.717) is 24.7 Å². The highest BCUT2D eigenvalue weighted by Crippen LogP contribution is 2.31. The number of fused-ring (bicyclic) bond motifs is 1. The zero-order valence-electron chi connectivity index (χ0n) is 15.2. The molecule has 0 bridgehead atoms. The molecule has 0 saturated carbocycles. The largest absolute Gasteiger partial charge is 0.493 e. The Labute approximate surface area is 154 Å². The second-order valence-electron chi connectivity index (χ2n) is 7.28. The van der Waals surface area contributed by atoms with Gasteiger partial charge in [0.25, 0.3) is 5.91 Å². The summed E-state index contributed by atoms with van der Waals surface area (Å²) in [4.78, 5) is 15.0. The molecule has 1 atom stereocenters. The fourth-order valence-corrected chi connectivity index (χ4v) is 3.79. The summed E-state index contributed by atoms with van der Waals surface area (Å²) < 4.78 is 11.7. The number of rotatable bonds is 4. The first-order valence-electron chi connectivity index (χ1n) is 9.44. The van der Waals surface area contributed by atoms with E-state index in [1.165, 1.54) is 5.56 Å². The number of ether oxygens (including phenoxy) is 2. The maximum atomic E-state index is 13.0. The molecule has 0 N–H and O–H groups in total. The van der Waals surface area contributed by atoms with Crippen LogP contribution in [0.5, 0.6) is 11.5 Å². The van der Waals surface area contributed by atoms with Crippen LogP contribution in [0.15, 0.2) is 42.5 Å². The molecule has 0 unspecified atom stereocenters. The number of para-hydroxylation sites is 1. The molecule has 4 heteroatoms. The molecular formula is C22H25NO3. The highest BCUT2D eigenvalue weighted by molar-refractivity contribution is 5.97. The number of nitrogens with zero attached hydrogens (tertiary/aromatic N) is 1. The van der Waals surface area contributed by atoms with Crippen molar-refractivity contribution in [3.8, 4) is 11.5 Å². The lowest BCUT2D eigenvalue weighted by Crippen LogP contribution is -2.41. The minimum Gasteiger partial charge on any atom is -0.493 e. The molecular weight excluding hydrogens is 326 g/mol. The van der Waals surface area contributed by atoms with Gasteiger partial charge in [0.2, 0.25) is 0 Å². The zero-order valence-corrected chi connectivity index (χ0v) is 15.2. The van der Waals surface area contributed by atoms with Gasteiger partial charge in [0.15, 0.2) is 0 Å². The lowest BCUT2D eigenvalue weighted by Gasteiger charge is -2.33. The van der Waals surface area contributed by atoms with Crippen molar-refractivity contribution in [1.29, 1.82) is 0 Å². The Balaban J connectivity index is 1.39. The number of hydrogen-bond donors (Lipinski definition) is 0. The molecule has 1 fully saturated rings. The van der Waals surface area contributed by atoms with Gasteiger partial charge in [-0.25, -0.2) is 0 Å². The van der Waals surface area contributed by atoms with E-state index < -0.39 is 0 Å². The Morgan fingerprint density at radius 3 is 2.92 bits per heavy atom. The molecule has 1 amide bonds. The third kappa shape index (κ3) is 3.55. The van der Waals surface area contributed by atoms with E-state index >= 15 is 0 Å². The smallest absolute Gasteiger partial charge is 0.257 e. The van der Waals surface area contributed by atoms with Crippen molar-refractivity contribution in [3.63, 3.8) is 0 Å². The fourth-order valence-electron chi connectivity index (χ4n) is 3.79. The Hall–Kier alpha value is -2.49. The van der Waals surface area contributed by atoms with Crippen molar-refractivity contribution < 1.29 is 14.3 Å². The molecule has 0 aliphatic carbocycles. The molecule has 2 aromatic rings. The first-order valence-corrected chi connectivity index (χ1v) is 9.44. The van der Waals surface area contributed by atoms with E-state index in [9.17, 15) is 4.79 Å². The van der Waals surface area contributed by atoms with Gasteiger partial charge in [-0.3, -0.25) is 4.79 Å². The molecule has 4 rings (SSSR count). The molecule has 4 nitrogen and oxygen atoms in total. The standard InChI is InChI=1S/C22H25NO3/c1-16-7-9-19(10-8-16)26-15-17-4-3-12-23(14-17)22(24)20-6-2-5-18-11-13-25-21(18)20/h2,5-10,17H,3-4,11-15H2,1H3/t17-/m0/s1. The first-order chi connectivity index (χ1) is 12.7. The average molecular weight is 351 g/mol. The number of likely N-dealkylation sites (tertiary alicyclic amines) is 1. The molecule has 136 valence electrons. The van der Waals surface area contributed by atoms with Crippen LogP contribution in [0.1, 0.15) is 34.3 Å². The zero-order chi connectivity index (χ0) is 17.9. The van der Waals surface area contributed by atoms with Crippen molar-refractivity contribution in [1.82, 2.24) is 4.90 Å². The van der Waals surface area contributed by atoms with Gasteiger partial charge in [0.05, 0.1) is 18.8 Å². The van der Waals surface area contributed by atoms with Crippen molar-refractivity contribution in [3.05, 3.63) is 59.2 Å². The minimum atomic E-state index is 0.0868. The third-order valence-electron chi connectivity index (χ3n) is 5.26. The Kier molecular flexibility index (Phi) is 4.83. The first kappa shape index (κ1) is 17.0. The minimum absolute atomic E-state index is 0.0868. The van der Waals surface area contributed by atoms with E-state index in [1.807, 2.05) is 35.2 Å². The van der Waals surface area contributed by atoms with Crippen LogP contribution in [0.25, 0.3) is 0 Å². The van der Waals surface area contributed by atoms with Gasteiger partial charge >= 0.3 is 0 Å². The number of benzene rings is 2. The van der Waals surface area contributed by atoms with E-state index in [-0.39, 0.29) is 5.91 Å². The van der Waals surface area contributed by atoms with Crippen molar-refractivity contribution >= 4 is 5.91 Å². The van der Waals surface area contributed by atoms with Gasteiger partial charge in [-0.15, -0.1) is 0 Å². The highest BCUT2D eigenvalue weighted by atomic mass is 16.5. The van der Waals surface area contributed by atoms with Crippen LogP contribution in [-0.2, 0) is 6.42 Å². The number of piperidine rings is 1. The third-order valence-corrected chi connectivity index (χ3v) is 5.26. The molecule has 2 aliphatic rings. The van der Waals surface area contributed by atoms with Crippen LogP contribution in [0.3, 0.4) is 0 Å². The number of amides is 1. The van der Waals surface area contributed by atoms with Crippen molar-refractivity contribution in [2.45, 2.75) is 26.2 Å². The van der Waals surface area contributed by atoms with Crippen molar-refractivity contribution in [2.24, 2.45) is 5.92 Å². The Morgan fingerprint density at radius 1 is 1.23 bits per heavy atom.